The first kappa shape index (κ1) is 16.2. The van der Waals surface area contributed by atoms with Crippen LogP contribution in [-0.4, -0.2) is 18.8 Å². The minimum Gasteiger partial charge on any atom is -0.398 e. The molecule has 2 aromatic carbocycles. The molecular weight excluding hydrogens is 302 g/mol. The molecule has 0 aromatic heterocycles. The van der Waals surface area contributed by atoms with Crippen molar-refractivity contribution in [3.05, 3.63) is 59.2 Å². The molecule has 0 fully saturated rings. The molecule has 0 saturated heterocycles. The van der Waals surface area contributed by atoms with E-state index in [1.165, 1.54) is 12.1 Å². The Bertz CT molecular complexity index is 809. The van der Waals surface area contributed by atoms with Crippen LogP contribution in [0.25, 0.3) is 0 Å². The molecule has 3 N–H and O–H groups in total. The Labute approximate surface area is 129 Å². The first-order valence-corrected chi connectivity index (χ1v) is 8.16. The molecule has 2 rings (SSSR count). The Kier molecular flexibility index (Phi) is 4.35. The van der Waals surface area contributed by atoms with Crippen LogP contribution in [-0.2, 0) is 10.1 Å². The number of rotatable bonds is 4. The van der Waals surface area contributed by atoms with E-state index in [0.717, 1.165) is 11.6 Å². The Morgan fingerprint density at radius 2 is 1.59 bits per heavy atom. The van der Waals surface area contributed by atoms with E-state index in [1.54, 1.807) is 12.1 Å². The van der Waals surface area contributed by atoms with E-state index in [-0.39, 0.29) is 17.0 Å². The molecule has 6 heteroatoms. The van der Waals surface area contributed by atoms with Crippen molar-refractivity contribution in [1.29, 1.82) is 0 Å². The predicted octanol–water partition coefficient (Wildman–Crippen LogP) is 2.87. The normalized spacial score (nSPS) is 11.6. The first-order valence-electron chi connectivity index (χ1n) is 6.72. The molecule has 0 spiro atoms. The van der Waals surface area contributed by atoms with Crippen LogP contribution in [0.2, 0.25) is 0 Å². The fraction of sp³-hybridized carbons (Fsp3) is 0.188. The summed E-state index contributed by atoms with van der Waals surface area (Å²) in [5.74, 6) is 0.0204. The third-order valence-corrected chi connectivity index (χ3v) is 4.30. The molecule has 0 bridgehead atoms. The summed E-state index contributed by atoms with van der Waals surface area (Å²) in [6, 6.07) is 10.9. The van der Waals surface area contributed by atoms with Crippen LogP contribution in [0.1, 0.15) is 41.3 Å². The zero-order valence-electron chi connectivity index (χ0n) is 12.3. The van der Waals surface area contributed by atoms with Gasteiger partial charge in [0.15, 0.2) is 5.78 Å². The summed E-state index contributed by atoms with van der Waals surface area (Å²) in [6.07, 6.45) is 0. The van der Waals surface area contributed by atoms with Crippen molar-refractivity contribution in [3.63, 3.8) is 0 Å². The van der Waals surface area contributed by atoms with Gasteiger partial charge in [-0.15, -0.1) is 0 Å². The van der Waals surface area contributed by atoms with E-state index in [1.807, 2.05) is 12.1 Å². The zero-order valence-corrected chi connectivity index (χ0v) is 13.1. The van der Waals surface area contributed by atoms with Gasteiger partial charge in [0.2, 0.25) is 0 Å². The summed E-state index contributed by atoms with van der Waals surface area (Å²) < 4.78 is 31.6. The predicted molar refractivity (Wildman–Crippen MR) is 84.6 cm³/mol. The summed E-state index contributed by atoms with van der Waals surface area (Å²) in [6.45, 7) is 4.10. The van der Waals surface area contributed by atoms with Gasteiger partial charge in [0, 0.05) is 11.1 Å². The molecule has 0 amide bonds. The second-order valence-corrected chi connectivity index (χ2v) is 6.72. The average molecular weight is 319 g/mol. The number of carbonyl (C=O) groups excluding carboxylic acids is 1. The molecule has 0 aliphatic carbocycles. The van der Waals surface area contributed by atoms with Gasteiger partial charge in [-0.2, -0.15) is 8.42 Å². The van der Waals surface area contributed by atoms with Gasteiger partial charge in [0.05, 0.1) is 5.69 Å². The van der Waals surface area contributed by atoms with E-state index in [4.69, 9.17) is 10.3 Å². The number of anilines is 1. The molecule has 0 aliphatic heterocycles. The van der Waals surface area contributed by atoms with Crippen LogP contribution in [0.5, 0.6) is 0 Å². The fourth-order valence-corrected chi connectivity index (χ4v) is 2.73. The third-order valence-electron chi connectivity index (χ3n) is 3.39. The van der Waals surface area contributed by atoms with E-state index in [0.29, 0.717) is 11.5 Å². The molecule has 0 saturated carbocycles. The first-order chi connectivity index (χ1) is 10.2. The molecule has 0 atom stereocenters. The molecule has 5 nitrogen and oxygen atoms in total. The van der Waals surface area contributed by atoms with Gasteiger partial charge in [0.25, 0.3) is 10.1 Å². The number of ketones is 1. The van der Waals surface area contributed by atoms with Crippen molar-refractivity contribution in [3.8, 4) is 0 Å². The van der Waals surface area contributed by atoms with E-state index >= 15 is 0 Å². The lowest BCUT2D eigenvalue weighted by molar-refractivity contribution is 0.103. The number of hydrogen-bond acceptors (Lipinski definition) is 4. The Morgan fingerprint density at radius 1 is 1.05 bits per heavy atom. The van der Waals surface area contributed by atoms with Crippen LogP contribution < -0.4 is 5.73 Å². The summed E-state index contributed by atoms with van der Waals surface area (Å²) in [5, 5.41) is 0. The number of carbonyl (C=O) groups is 1. The maximum atomic E-state index is 12.4. The standard InChI is InChI=1S/C16H17NO4S/c1-10(2)11-3-5-12(6-4-11)16(18)13-7-8-14(17)15(9-13)22(19,20)21/h3-10H,17H2,1-2H3,(H,19,20,21). The monoisotopic (exact) mass is 319 g/mol. The van der Waals surface area contributed by atoms with Gasteiger partial charge < -0.3 is 5.73 Å². The molecular formula is C16H17NO4S. The highest BCUT2D eigenvalue weighted by molar-refractivity contribution is 7.86. The van der Waals surface area contributed by atoms with Gasteiger partial charge in [-0.1, -0.05) is 38.1 Å². The van der Waals surface area contributed by atoms with Crippen LogP contribution in [0.4, 0.5) is 5.69 Å². The third kappa shape index (κ3) is 3.35. The number of nitrogen functional groups attached to an aromatic ring is 1. The second kappa shape index (κ2) is 5.90. The quantitative estimate of drug-likeness (QED) is 0.513. The van der Waals surface area contributed by atoms with Crippen molar-refractivity contribution in [2.45, 2.75) is 24.7 Å². The Morgan fingerprint density at radius 3 is 2.09 bits per heavy atom. The van der Waals surface area contributed by atoms with Crippen LogP contribution in [0, 0.1) is 0 Å². The lowest BCUT2D eigenvalue weighted by atomic mass is 9.98. The van der Waals surface area contributed by atoms with Gasteiger partial charge in [-0.3, -0.25) is 9.35 Å². The van der Waals surface area contributed by atoms with Crippen LogP contribution >= 0.6 is 0 Å². The van der Waals surface area contributed by atoms with E-state index in [2.05, 4.69) is 13.8 Å². The van der Waals surface area contributed by atoms with Crippen LogP contribution in [0.15, 0.2) is 47.4 Å². The summed E-state index contributed by atoms with van der Waals surface area (Å²) in [4.78, 5) is 11.9. The largest absolute Gasteiger partial charge is 0.398 e. The second-order valence-electron chi connectivity index (χ2n) is 5.33. The van der Waals surface area contributed by atoms with Gasteiger partial charge in [0.1, 0.15) is 4.90 Å². The SMILES string of the molecule is CC(C)c1ccc(C(=O)c2ccc(N)c(S(=O)(=O)O)c2)cc1. The molecule has 0 unspecified atom stereocenters. The van der Waals surface area contributed by atoms with Gasteiger partial charge in [-0.25, -0.2) is 0 Å². The van der Waals surface area contributed by atoms with E-state index in [9.17, 15) is 13.2 Å². The number of hydrogen-bond donors (Lipinski definition) is 2. The Balaban J connectivity index is 2.42. The highest BCUT2D eigenvalue weighted by Crippen LogP contribution is 2.22. The van der Waals surface area contributed by atoms with Crippen molar-refractivity contribution < 1.29 is 17.8 Å². The molecule has 22 heavy (non-hydrogen) atoms. The van der Waals surface area contributed by atoms with Crippen molar-refractivity contribution in [1.82, 2.24) is 0 Å². The van der Waals surface area contributed by atoms with Gasteiger partial charge in [-0.05, 0) is 29.7 Å². The van der Waals surface area contributed by atoms with Gasteiger partial charge >= 0.3 is 0 Å². The maximum Gasteiger partial charge on any atom is 0.296 e. The maximum absolute atomic E-state index is 12.4. The van der Waals surface area contributed by atoms with Crippen molar-refractivity contribution >= 4 is 21.6 Å². The minimum absolute atomic E-state index is 0.103. The lowest BCUT2D eigenvalue weighted by Gasteiger charge is -2.08. The lowest BCUT2D eigenvalue weighted by Crippen LogP contribution is -2.07. The summed E-state index contributed by atoms with van der Waals surface area (Å²) in [7, 11) is -4.47. The topological polar surface area (TPSA) is 97.5 Å². The minimum atomic E-state index is -4.47. The highest BCUT2D eigenvalue weighted by atomic mass is 32.2. The van der Waals surface area contributed by atoms with Crippen molar-refractivity contribution in [2.24, 2.45) is 0 Å². The number of nitrogens with two attached hydrogens (primary N) is 1. The summed E-state index contributed by atoms with van der Waals surface area (Å²) >= 11 is 0. The highest BCUT2D eigenvalue weighted by Gasteiger charge is 2.18. The van der Waals surface area contributed by atoms with Crippen LogP contribution in [0.3, 0.4) is 0 Å². The smallest absolute Gasteiger partial charge is 0.296 e. The zero-order chi connectivity index (χ0) is 16.5. The Hall–Kier alpha value is -2.18. The molecule has 2 aromatic rings. The molecule has 116 valence electrons. The van der Waals surface area contributed by atoms with Crippen molar-refractivity contribution in [2.75, 3.05) is 5.73 Å². The molecule has 0 radical (unpaired) electrons. The summed E-state index contributed by atoms with van der Waals surface area (Å²) in [5.41, 5.74) is 7.11. The molecule has 0 aliphatic rings. The number of benzene rings is 2. The fourth-order valence-electron chi connectivity index (χ4n) is 2.09. The average Bonchev–Trinajstić information content (AvgIpc) is 2.46. The van der Waals surface area contributed by atoms with E-state index < -0.39 is 15.0 Å². The molecule has 0 heterocycles.